The van der Waals surface area contributed by atoms with Crippen LogP contribution in [0.5, 0.6) is 11.5 Å². The number of amides is 2. The van der Waals surface area contributed by atoms with Crippen molar-refractivity contribution in [2.75, 3.05) is 10.6 Å². The fourth-order valence-electron chi connectivity index (χ4n) is 3.56. The van der Waals surface area contributed by atoms with Crippen molar-refractivity contribution in [2.45, 2.75) is 46.5 Å². The molecule has 6 heteroatoms. The first kappa shape index (κ1) is 21.3. The maximum Gasteiger partial charge on any atom is 0.221 e. The van der Waals surface area contributed by atoms with Gasteiger partial charge < -0.3 is 20.8 Å². The summed E-state index contributed by atoms with van der Waals surface area (Å²) in [5, 5.41) is 25.5. The Bertz CT molecular complexity index is 825. The highest BCUT2D eigenvalue weighted by atomic mass is 16.3. The number of hydrogen-bond donors (Lipinski definition) is 4. The van der Waals surface area contributed by atoms with Crippen LogP contribution >= 0.6 is 0 Å². The van der Waals surface area contributed by atoms with Gasteiger partial charge in [-0.2, -0.15) is 0 Å². The Morgan fingerprint density at radius 1 is 0.893 bits per heavy atom. The van der Waals surface area contributed by atoms with Crippen LogP contribution in [-0.4, -0.2) is 22.0 Å². The SMILES string of the molecule is CC(=O)Nc1cc(C(C)(CC(C)C)c2ccc(O)c(NC(C)=O)c2)ccc1O. The molecule has 0 aliphatic heterocycles. The number of phenolic OH excluding ortho intramolecular Hbond substituents is 2. The standard InChI is InChI=1S/C22H28N2O4/c1-13(2)12-22(5,16-6-8-20(27)18(10-16)23-14(3)25)17-7-9-21(28)19(11-17)24-15(4)26/h6-11,13,27-28H,12H2,1-5H3,(H,23,25)(H,24,26). The molecule has 150 valence electrons. The summed E-state index contributed by atoms with van der Waals surface area (Å²) < 4.78 is 0. The molecule has 0 atom stereocenters. The summed E-state index contributed by atoms with van der Waals surface area (Å²) in [6, 6.07) is 10.3. The van der Waals surface area contributed by atoms with E-state index in [1.807, 2.05) is 12.1 Å². The van der Waals surface area contributed by atoms with Gasteiger partial charge in [-0.05, 0) is 47.7 Å². The predicted molar refractivity (Wildman–Crippen MR) is 111 cm³/mol. The topological polar surface area (TPSA) is 98.7 Å². The van der Waals surface area contributed by atoms with Crippen molar-refractivity contribution in [1.29, 1.82) is 0 Å². The molecule has 0 radical (unpaired) electrons. The van der Waals surface area contributed by atoms with E-state index in [0.717, 1.165) is 17.5 Å². The third kappa shape index (κ3) is 4.82. The third-order valence-electron chi connectivity index (χ3n) is 4.71. The van der Waals surface area contributed by atoms with E-state index in [1.54, 1.807) is 24.3 Å². The fraction of sp³-hybridized carbons (Fsp3) is 0.364. The summed E-state index contributed by atoms with van der Waals surface area (Å²) in [5.41, 5.74) is 2.03. The predicted octanol–water partition coefficient (Wildman–Crippen LogP) is 4.37. The van der Waals surface area contributed by atoms with E-state index < -0.39 is 5.41 Å². The van der Waals surface area contributed by atoms with Crippen LogP contribution in [0.25, 0.3) is 0 Å². The molecular formula is C22H28N2O4. The molecule has 0 heterocycles. The normalized spacial score (nSPS) is 11.4. The van der Waals surface area contributed by atoms with E-state index in [1.165, 1.54) is 13.8 Å². The van der Waals surface area contributed by atoms with Gasteiger partial charge in [-0.1, -0.05) is 32.9 Å². The molecule has 0 fully saturated rings. The Balaban J connectivity index is 2.62. The molecule has 0 saturated carbocycles. The first-order valence-electron chi connectivity index (χ1n) is 9.25. The van der Waals surface area contributed by atoms with Gasteiger partial charge >= 0.3 is 0 Å². The largest absolute Gasteiger partial charge is 0.506 e. The highest BCUT2D eigenvalue weighted by Gasteiger charge is 2.31. The lowest BCUT2D eigenvalue weighted by Gasteiger charge is -2.34. The van der Waals surface area contributed by atoms with Crippen LogP contribution in [0.3, 0.4) is 0 Å². The number of rotatable bonds is 6. The van der Waals surface area contributed by atoms with Crippen molar-refractivity contribution in [1.82, 2.24) is 0 Å². The third-order valence-corrected chi connectivity index (χ3v) is 4.71. The molecule has 2 amide bonds. The van der Waals surface area contributed by atoms with Crippen LogP contribution < -0.4 is 10.6 Å². The number of phenols is 2. The van der Waals surface area contributed by atoms with Crippen molar-refractivity contribution in [3.8, 4) is 11.5 Å². The minimum Gasteiger partial charge on any atom is -0.506 e. The second kappa shape index (κ2) is 8.33. The van der Waals surface area contributed by atoms with Gasteiger partial charge in [0, 0.05) is 19.3 Å². The second-order valence-corrected chi connectivity index (χ2v) is 7.76. The van der Waals surface area contributed by atoms with E-state index in [9.17, 15) is 19.8 Å². The summed E-state index contributed by atoms with van der Waals surface area (Å²) in [7, 11) is 0. The number of aromatic hydroxyl groups is 2. The number of nitrogens with one attached hydrogen (secondary N) is 2. The van der Waals surface area contributed by atoms with Gasteiger partial charge in [0.1, 0.15) is 11.5 Å². The Kier molecular flexibility index (Phi) is 6.33. The summed E-state index contributed by atoms with van der Waals surface area (Å²) in [4.78, 5) is 22.9. The Morgan fingerprint density at radius 3 is 1.61 bits per heavy atom. The molecule has 0 spiro atoms. The van der Waals surface area contributed by atoms with E-state index in [4.69, 9.17) is 0 Å². The number of carbonyl (C=O) groups excluding carboxylic acids is 2. The van der Waals surface area contributed by atoms with Crippen LogP contribution in [-0.2, 0) is 15.0 Å². The molecule has 6 nitrogen and oxygen atoms in total. The van der Waals surface area contributed by atoms with Gasteiger partial charge in [0.25, 0.3) is 0 Å². The first-order valence-corrected chi connectivity index (χ1v) is 9.25. The monoisotopic (exact) mass is 384 g/mol. The molecule has 2 rings (SSSR count). The lowest BCUT2D eigenvalue weighted by Crippen LogP contribution is -2.26. The van der Waals surface area contributed by atoms with Gasteiger partial charge in [-0.3, -0.25) is 9.59 Å². The van der Waals surface area contributed by atoms with E-state index in [0.29, 0.717) is 17.3 Å². The van der Waals surface area contributed by atoms with Crippen LogP contribution in [0.15, 0.2) is 36.4 Å². The minimum atomic E-state index is -0.476. The van der Waals surface area contributed by atoms with E-state index in [-0.39, 0.29) is 23.3 Å². The van der Waals surface area contributed by atoms with Gasteiger partial charge in [0.15, 0.2) is 0 Å². The average Bonchev–Trinajstić information content (AvgIpc) is 2.57. The lowest BCUT2D eigenvalue weighted by atomic mass is 9.71. The number of anilines is 2. The Morgan fingerprint density at radius 2 is 1.29 bits per heavy atom. The summed E-state index contributed by atoms with van der Waals surface area (Å²) in [6.45, 7) is 9.07. The van der Waals surface area contributed by atoms with Crippen LogP contribution in [0.1, 0.15) is 52.2 Å². The van der Waals surface area contributed by atoms with E-state index >= 15 is 0 Å². The van der Waals surface area contributed by atoms with Gasteiger partial charge in [0.2, 0.25) is 11.8 Å². The first-order chi connectivity index (χ1) is 13.0. The van der Waals surface area contributed by atoms with Crippen molar-refractivity contribution in [2.24, 2.45) is 5.92 Å². The van der Waals surface area contributed by atoms with Crippen LogP contribution in [0.4, 0.5) is 11.4 Å². The fourth-order valence-corrected chi connectivity index (χ4v) is 3.56. The zero-order valence-electron chi connectivity index (χ0n) is 17.0. The van der Waals surface area contributed by atoms with Gasteiger partial charge in [-0.25, -0.2) is 0 Å². The Labute approximate surface area is 165 Å². The molecule has 0 saturated heterocycles. The highest BCUT2D eigenvalue weighted by Crippen LogP contribution is 2.42. The smallest absolute Gasteiger partial charge is 0.221 e. The van der Waals surface area contributed by atoms with Crippen molar-refractivity contribution < 1.29 is 19.8 Å². The number of hydrogen-bond acceptors (Lipinski definition) is 4. The number of benzene rings is 2. The summed E-state index contributed by atoms with van der Waals surface area (Å²) in [6.07, 6.45) is 0.779. The molecule has 0 aliphatic carbocycles. The maximum absolute atomic E-state index is 11.5. The van der Waals surface area contributed by atoms with Crippen LogP contribution in [0, 0.1) is 5.92 Å². The molecular weight excluding hydrogens is 356 g/mol. The molecule has 2 aromatic carbocycles. The molecule has 2 aromatic rings. The van der Waals surface area contributed by atoms with Crippen molar-refractivity contribution in [3.63, 3.8) is 0 Å². The molecule has 0 bridgehead atoms. The quantitative estimate of drug-likeness (QED) is 0.556. The molecule has 4 N–H and O–H groups in total. The Hall–Kier alpha value is -3.02. The molecule has 0 unspecified atom stereocenters. The van der Waals surface area contributed by atoms with Gasteiger partial charge in [-0.15, -0.1) is 0 Å². The molecule has 0 aliphatic rings. The number of carbonyl (C=O) groups is 2. The minimum absolute atomic E-state index is 0.00418. The lowest BCUT2D eigenvalue weighted by molar-refractivity contribution is -0.115. The van der Waals surface area contributed by atoms with Gasteiger partial charge in [0.05, 0.1) is 11.4 Å². The van der Waals surface area contributed by atoms with Crippen LogP contribution in [0.2, 0.25) is 0 Å². The average molecular weight is 384 g/mol. The van der Waals surface area contributed by atoms with Crippen molar-refractivity contribution in [3.05, 3.63) is 47.5 Å². The van der Waals surface area contributed by atoms with E-state index in [2.05, 4.69) is 31.4 Å². The maximum atomic E-state index is 11.5. The molecule has 28 heavy (non-hydrogen) atoms. The highest BCUT2D eigenvalue weighted by molar-refractivity contribution is 5.91. The zero-order valence-corrected chi connectivity index (χ0v) is 17.0. The van der Waals surface area contributed by atoms with Crippen molar-refractivity contribution >= 4 is 23.2 Å². The zero-order chi connectivity index (χ0) is 21.1. The molecule has 0 aromatic heterocycles. The summed E-state index contributed by atoms with van der Waals surface area (Å²) in [5.74, 6) is -0.196. The second-order valence-electron chi connectivity index (χ2n) is 7.76. The summed E-state index contributed by atoms with van der Waals surface area (Å²) >= 11 is 0.